The van der Waals surface area contributed by atoms with Gasteiger partial charge in [-0.3, -0.25) is 9.59 Å². The maximum Gasteiger partial charge on any atom is 0.256 e. The fourth-order valence-corrected chi connectivity index (χ4v) is 3.41. The molecule has 156 valence electrons. The molecule has 1 aromatic carbocycles. The van der Waals surface area contributed by atoms with Gasteiger partial charge in [-0.15, -0.1) is 0 Å². The number of aromatic nitrogens is 2. The Morgan fingerprint density at radius 2 is 1.77 bits per heavy atom. The molecule has 2 amide bonds. The Bertz CT molecular complexity index is 1100. The van der Waals surface area contributed by atoms with E-state index in [0.717, 1.165) is 17.5 Å². The zero-order valence-corrected chi connectivity index (χ0v) is 18.0. The van der Waals surface area contributed by atoms with Gasteiger partial charge >= 0.3 is 0 Å². The molecular formula is C24H28N4O2. The van der Waals surface area contributed by atoms with Crippen LogP contribution in [-0.2, 0) is 5.54 Å². The summed E-state index contributed by atoms with van der Waals surface area (Å²) in [5.74, 6) is 0.791. The number of carbonyl (C=O) groups is 2. The molecule has 2 aromatic heterocycles. The molecule has 4 rings (SSSR count). The lowest BCUT2D eigenvalue weighted by molar-refractivity contribution is 0.0952. The van der Waals surface area contributed by atoms with Crippen LogP contribution in [0, 0.1) is 12.8 Å². The summed E-state index contributed by atoms with van der Waals surface area (Å²) < 4.78 is 2.00. The predicted octanol–water partition coefficient (Wildman–Crippen LogP) is 4.49. The van der Waals surface area contributed by atoms with Crippen molar-refractivity contribution in [1.82, 2.24) is 14.9 Å². The number of pyridine rings is 1. The molecule has 0 radical (unpaired) electrons. The molecule has 0 unspecified atom stereocenters. The molecule has 30 heavy (non-hydrogen) atoms. The average molecular weight is 405 g/mol. The molecule has 0 aliphatic heterocycles. The van der Waals surface area contributed by atoms with Crippen LogP contribution in [0.15, 0.2) is 42.6 Å². The van der Waals surface area contributed by atoms with Crippen LogP contribution in [0.4, 0.5) is 5.82 Å². The van der Waals surface area contributed by atoms with E-state index in [4.69, 9.17) is 0 Å². The highest BCUT2D eigenvalue weighted by Gasteiger charge is 2.25. The van der Waals surface area contributed by atoms with Gasteiger partial charge in [0.25, 0.3) is 11.8 Å². The van der Waals surface area contributed by atoms with Gasteiger partial charge in [-0.05, 0) is 70.7 Å². The zero-order valence-electron chi connectivity index (χ0n) is 18.0. The molecule has 6 nitrogen and oxygen atoms in total. The summed E-state index contributed by atoms with van der Waals surface area (Å²) >= 11 is 0. The molecule has 0 saturated heterocycles. The summed E-state index contributed by atoms with van der Waals surface area (Å²) in [7, 11) is 0. The number of hydrogen-bond acceptors (Lipinski definition) is 3. The third kappa shape index (κ3) is 4.22. The maximum atomic E-state index is 12.8. The Labute approximate surface area is 176 Å². The number of fused-ring (bicyclic) bond motifs is 1. The van der Waals surface area contributed by atoms with E-state index in [2.05, 4.69) is 36.4 Å². The summed E-state index contributed by atoms with van der Waals surface area (Å²) in [6.07, 6.45) is 4.25. The Morgan fingerprint density at radius 1 is 1.07 bits per heavy atom. The summed E-state index contributed by atoms with van der Waals surface area (Å²) in [5, 5.41) is 6.70. The van der Waals surface area contributed by atoms with Crippen LogP contribution in [0.2, 0.25) is 0 Å². The normalized spacial score (nSPS) is 14.0. The van der Waals surface area contributed by atoms with Crippen molar-refractivity contribution >= 4 is 28.7 Å². The molecule has 0 atom stereocenters. The Morgan fingerprint density at radius 3 is 2.40 bits per heavy atom. The monoisotopic (exact) mass is 404 g/mol. The van der Waals surface area contributed by atoms with Crippen molar-refractivity contribution in [1.29, 1.82) is 0 Å². The maximum absolute atomic E-state index is 12.8. The number of amides is 2. The van der Waals surface area contributed by atoms with Crippen molar-refractivity contribution in [3.8, 4) is 0 Å². The van der Waals surface area contributed by atoms with Crippen molar-refractivity contribution in [3.05, 3.63) is 59.3 Å². The standard InChI is InChI=1S/C24H28N4O2/c1-15-5-9-17(10-6-15)22(29)27-20-12-11-18-19(23(30)25-13-16-7-8-16)14-28(21(18)26-20)24(2,3)4/h5-6,9-12,14,16H,7-8,13H2,1-4H3,(H,25,30)(H,26,27,29). The smallest absolute Gasteiger partial charge is 0.256 e. The number of rotatable bonds is 5. The molecule has 2 heterocycles. The first-order valence-electron chi connectivity index (χ1n) is 10.4. The molecule has 1 aliphatic carbocycles. The van der Waals surface area contributed by atoms with Gasteiger partial charge in [0, 0.05) is 29.2 Å². The van der Waals surface area contributed by atoms with E-state index >= 15 is 0 Å². The lowest BCUT2D eigenvalue weighted by Gasteiger charge is -2.22. The van der Waals surface area contributed by atoms with E-state index in [1.165, 1.54) is 12.8 Å². The minimum absolute atomic E-state index is 0.0758. The lowest BCUT2D eigenvalue weighted by Crippen LogP contribution is -2.25. The van der Waals surface area contributed by atoms with E-state index in [0.29, 0.717) is 28.5 Å². The second-order valence-electron chi connectivity index (χ2n) is 9.12. The number of benzene rings is 1. The van der Waals surface area contributed by atoms with Crippen molar-refractivity contribution in [2.45, 2.75) is 46.1 Å². The first-order valence-corrected chi connectivity index (χ1v) is 10.4. The van der Waals surface area contributed by atoms with Gasteiger partial charge in [0.05, 0.1) is 5.56 Å². The highest BCUT2D eigenvalue weighted by Crippen LogP contribution is 2.30. The minimum atomic E-state index is -0.264. The Kier molecular flexibility index (Phi) is 5.10. The van der Waals surface area contributed by atoms with Crippen molar-refractivity contribution < 1.29 is 9.59 Å². The quantitative estimate of drug-likeness (QED) is 0.658. The number of nitrogens with one attached hydrogen (secondary N) is 2. The third-order valence-corrected chi connectivity index (χ3v) is 5.42. The first kappa shape index (κ1) is 20.1. The van der Waals surface area contributed by atoms with Gasteiger partial charge in [0.2, 0.25) is 0 Å². The number of carbonyl (C=O) groups excluding carboxylic acids is 2. The molecule has 0 spiro atoms. The minimum Gasteiger partial charge on any atom is -0.352 e. The van der Waals surface area contributed by atoms with Gasteiger partial charge < -0.3 is 15.2 Å². The molecular weight excluding hydrogens is 376 g/mol. The summed E-state index contributed by atoms with van der Waals surface area (Å²) in [5.41, 5.74) is 2.71. The second kappa shape index (κ2) is 7.59. The number of aryl methyl sites for hydroxylation is 1. The molecule has 1 aliphatic rings. The number of anilines is 1. The van der Waals surface area contributed by atoms with Crippen LogP contribution < -0.4 is 10.6 Å². The highest BCUT2D eigenvalue weighted by molar-refractivity contribution is 6.07. The van der Waals surface area contributed by atoms with E-state index in [1.54, 1.807) is 18.2 Å². The van der Waals surface area contributed by atoms with Crippen LogP contribution in [-0.4, -0.2) is 27.9 Å². The third-order valence-electron chi connectivity index (χ3n) is 5.42. The lowest BCUT2D eigenvalue weighted by atomic mass is 10.1. The van der Waals surface area contributed by atoms with Crippen molar-refractivity contribution in [3.63, 3.8) is 0 Å². The molecule has 3 aromatic rings. The fraction of sp³-hybridized carbons (Fsp3) is 0.375. The van der Waals surface area contributed by atoms with Gasteiger partial charge in [0.15, 0.2) is 0 Å². The Balaban J connectivity index is 1.65. The summed E-state index contributed by atoms with van der Waals surface area (Å²) in [6.45, 7) is 8.90. The van der Waals surface area contributed by atoms with Crippen molar-refractivity contribution in [2.75, 3.05) is 11.9 Å². The largest absolute Gasteiger partial charge is 0.352 e. The molecule has 0 bridgehead atoms. The van der Waals surface area contributed by atoms with Crippen LogP contribution in [0.25, 0.3) is 11.0 Å². The average Bonchev–Trinajstić information content (AvgIpc) is 3.44. The van der Waals surface area contributed by atoms with E-state index in [9.17, 15) is 9.59 Å². The SMILES string of the molecule is Cc1ccc(C(=O)Nc2ccc3c(C(=O)NCC4CC4)cn(C(C)(C)C)c3n2)cc1. The highest BCUT2D eigenvalue weighted by atomic mass is 16.2. The van der Waals surface area contributed by atoms with Crippen molar-refractivity contribution in [2.24, 2.45) is 5.92 Å². The molecule has 1 saturated carbocycles. The topological polar surface area (TPSA) is 76.0 Å². The number of hydrogen-bond donors (Lipinski definition) is 2. The summed E-state index contributed by atoms with van der Waals surface area (Å²) in [4.78, 5) is 30.1. The van der Waals surface area contributed by atoms with E-state index < -0.39 is 0 Å². The Hall–Kier alpha value is -3.15. The van der Waals surface area contributed by atoms with E-state index in [1.807, 2.05) is 35.9 Å². The zero-order chi connectivity index (χ0) is 21.5. The summed E-state index contributed by atoms with van der Waals surface area (Å²) in [6, 6.07) is 11.0. The first-order chi connectivity index (χ1) is 14.2. The predicted molar refractivity (Wildman–Crippen MR) is 119 cm³/mol. The second-order valence-corrected chi connectivity index (χ2v) is 9.12. The van der Waals surface area contributed by atoms with Gasteiger partial charge in [-0.25, -0.2) is 4.98 Å². The fourth-order valence-electron chi connectivity index (χ4n) is 3.41. The van der Waals surface area contributed by atoms with Crippen LogP contribution in [0.5, 0.6) is 0 Å². The van der Waals surface area contributed by atoms with E-state index in [-0.39, 0.29) is 17.4 Å². The van der Waals surface area contributed by atoms with Gasteiger partial charge in [-0.1, -0.05) is 17.7 Å². The van der Waals surface area contributed by atoms with Crippen LogP contribution >= 0.6 is 0 Å². The molecule has 6 heteroatoms. The molecule has 2 N–H and O–H groups in total. The van der Waals surface area contributed by atoms with Crippen LogP contribution in [0.1, 0.15) is 59.9 Å². The number of nitrogens with zero attached hydrogens (tertiary/aromatic N) is 2. The molecule has 1 fully saturated rings. The van der Waals surface area contributed by atoms with Crippen LogP contribution in [0.3, 0.4) is 0 Å². The van der Waals surface area contributed by atoms with Gasteiger partial charge in [0.1, 0.15) is 11.5 Å². The van der Waals surface area contributed by atoms with Gasteiger partial charge in [-0.2, -0.15) is 0 Å².